The Kier molecular flexibility index (Phi) is 4.54. The van der Waals surface area contributed by atoms with Gasteiger partial charge in [-0.15, -0.1) is 0 Å². The summed E-state index contributed by atoms with van der Waals surface area (Å²) in [5.41, 5.74) is 10.4. The van der Waals surface area contributed by atoms with Crippen LogP contribution < -0.4 is 5.73 Å². The Bertz CT molecular complexity index is 1390. The Morgan fingerprint density at radius 3 is 2.67 bits per heavy atom. The molecular weight excluding hydrogens is 412 g/mol. The van der Waals surface area contributed by atoms with Gasteiger partial charge in [0.05, 0.1) is 52.4 Å². The van der Waals surface area contributed by atoms with Crippen LogP contribution in [0.2, 0.25) is 0 Å². The zero-order valence-electron chi connectivity index (χ0n) is 18.1. The van der Waals surface area contributed by atoms with E-state index in [0.29, 0.717) is 5.82 Å². The summed E-state index contributed by atoms with van der Waals surface area (Å²) < 4.78 is 1.82. The van der Waals surface area contributed by atoms with Crippen LogP contribution in [0.15, 0.2) is 60.8 Å². The first-order valence-corrected chi connectivity index (χ1v) is 11.3. The quantitative estimate of drug-likeness (QED) is 0.492. The van der Waals surface area contributed by atoms with Crippen LogP contribution in [0.5, 0.6) is 0 Å². The zero-order chi connectivity index (χ0) is 22.6. The fourth-order valence-electron chi connectivity index (χ4n) is 4.68. The monoisotopic (exact) mass is 436 g/mol. The van der Waals surface area contributed by atoms with Crippen molar-refractivity contribution < 1.29 is 5.11 Å². The summed E-state index contributed by atoms with van der Waals surface area (Å²) in [7, 11) is 0. The van der Waals surface area contributed by atoms with Gasteiger partial charge in [0, 0.05) is 10.9 Å². The first kappa shape index (κ1) is 20.0. The van der Waals surface area contributed by atoms with E-state index in [1.54, 1.807) is 0 Å². The number of aliphatic hydroxyl groups is 1. The third-order valence-corrected chi connectivity index (χ3v) is 7.04. The van der Waals surface area contributed by atoms with Crippen LogP contribution in [0.1, 0.15) is 43.1 Å². The fourth-order valence-corrected chi connectivity index (χ4v) is 4.68. The molecule has 2 fully saturated rings. The molecule has 6 rings (SSSR count). The lowest BCUT2D eigenvalue weighted by Crippen LogP contribution is -2.36. The number of nitrogens with zero attached hydrogens (tertiary/aromatic N) is 5. The fraction of sp³-hybridized carbons (Fsp3) is 0.308. The van der Waals surface area contributed by atoms with Gasteiger partial charge in [0.1, 0.15) is 0 Å². The van der Waals surface area contributed by atoms with Gasteiger partial charge < -0.3 is 10.8 Å². The lowest BCUT2D eigenvalue weighted by molar-refractivity contribution is 0.0302. The minimum absolute atomic E-state index is 0.176. The summed E-state index contributed by atoms with van der Waals surface area (Å²) in [5, 5.41) is 24.7. The SMILES string of the molecule is N#CC1(c2cccc(-n3ncc4ccc(-c5cccc([C@@H](N)C6CC(O)C6)n5)cc43)n2)CC1. The highest BCUT2D eigenvalue weighted by molar-refractivity contribution is 5.84. The van der Waals surface area contributed by atoms with E-state index in [-0.39, 0.29) is 18.1 Å². The molecule has 3 N–H and O–H groups in total. The van der Waals surface area contributed by atoms with Crippen LogP contribution in [-0.2, 0) is 5.41 Å². The summed E-state index contributed by atoms with van der Waals surface area (Å²) in [6.45, 7) is 0. The molecule has 0 spiro atoms. The minimum atomic E-state index is -0.441. The van der Waals surface area contributed by atoms with E-state index in [4.69, 9.17) is 15.7 Å². The second-order valence-corrected chi connectivity index (χ2v) is 9.26. The largest absolute Gasteiger partial charge is 0.393 e. The van der Waals surface area contributed by atoms with Crippen molar-refractivity contribution in [2.75, 3.05) is 0 Å². The normalized spacial score (nSPS) is 21.8. The van der Waals surface area contributed by atoms with Gasteiger partial charge in [-0.2, -0.15) is 10.4 Å². The van der Waals surface area contributed by atoms with Gasteiger partial charge >= 0.3 is 0 Å². The summed E-state index contributed by atoms with van der Waals surface area (Å²) in [6.07, 6.45) is 4.77. The molecule has 2 aliphatic carbocycles. The third kappa shape index (κ3) is 3.39. The van der Waals surface area contributed by atoms with E-state index in [1.807, 2.05) is 59.4 Å². The number of hydrogen-bond acceptors (Lipinski definition) is 6. The number of benzene rings is 1. The molecule has 0 unspecified atom stereocenters. The highest BCUT2D eigenvalue weighted by Crippen LogP contribution is 2.46. The molecule has 7 nitrogen and oxygen atoms in total. The molecule has 0 radical (unpaired) electrons. The second-order valence-electron chi connectivity index (χ2n) is 9.26. The summed E-state index contributed by atoms with van der Waals surface area (Å²) in [4.78, 5) is 9.62. The van der Waals surface area contributed by atoms with Crippen LogP contribution >= 0.6 is 0 Å². The van der Waals surface area contributed by atoms with Gasteiger partial charge in [-0.25, -0.2) is 9.67 Å². The smallest absolute Gasteiger partial charge is 0.154 e. The summed E-state index contributed by atoms with van der Waals surface area (Å²) in [6, 6.07) is 20.1. The highest BCUT2D eigenvalue weighted by atomic mass is 16.3. The van der Waals surface area contributed by atoms with Crippen LogP contribution in [0.4, 0.5) is 0 Å². The van der Waals surface area contributed by atoms with Crippen molar-refractivity contribution in [3.8, 4) is 23.1 Å². The molecule has 0 bridgehead atoms. The first-order valence-electron chi connectivity index (χ1n) is 11.3. The predicted octanol–water partition coefficient (Wildman–Crippen LogP) is 3.81. The highest BCUT2D eigenvalue weighted by Gasteiger charge is 2.46. The third-order valence-electron chi connectivity index (χ3n) is 7.04. The summed E-state index contributed by atoms with van der Waals surface area (Å²) in [5.74, 6) is 0.974. The second kappa shape index (κ2) is 7.48. The van der Waals surface area contributed by atoms with Gasteiger partial charge in [0.25, 0.3) is 0 Å². The van der Waals surface area contributed by atoms with Crippen molar-refractivity contribution in [3.05, 3.63) is 72.2 Å². The van der Waals surface area contributed by atoms with E-state index in [1.165, 1.54) is 0 Å². The van der Waals surface area contributed by atoms with Crippen molar-refractivity contribution in [2.45, 2.75) is 43.2 Å². The topological polar surface area (TPSA) is 114 Å². The molecule has 164 valence electrons. The molecule has 0 amide bonds. The molecule has 0 aliphatic heterocycles. The lowest BCUT2D eigenvalue weighted by Gasteiger charge is -2.35. The molecule has 3 aromatic heterocycles. The van der Waals surface area contributed by atoms with E-state index in [2.05, 4.69) is 17.2 Å². The number of fused-ring (bicyclic) bond motifs is 1. The van der Waals surface area contributed by atoms with E-state index in [0.717, 1.165) is 59.2 Å². The molecular formula is C26H24N6O. The molecule has 1 atom stereocenters. The number of aliphatic hydroxyl groups excluding tert-OH is 1. The number of aromatic nitrogens is 4. The van der Waals surface area contributed by atoms with Crippen molar-refractivity contribution in [3.63, 3.8) is 0 Å². The Labute approximate surface area is 191 Å². The van der Waals surface area contributed by atoms with E-state index >= 15 is 0 Å². The molecule has 2 aliphatic rings. The first-order chi connectivity index (χ1) is 16.1. The van der Waals surface area contributed by atoms with Crippen molar-refractivity contribution in [2.24, 2.45) is 11.7 Å². The predicted molar refractivity (Wildman–Crippen MR) is 124 cm³/mol. The van der Waals surface area contributed by atoms with Gasteiger partial charge in [-0.05, 0) is 61.9 Å². The molecule has 0 saturated heterocycles. The van der Waals surface area contributed by atoms with Crippen LogP contribution in [0, 0.1) is 17.2 Å². The number of pyridine rings is 2. The Morgan fingerprint density at radius 1 is 1.09 bits per heavy atom. The van der Waals surface area contributed by atoms with Crippen molar-refractivity contribution >= 4 is 10.9 Å². The van der Waals surface area contributed by atoms with Crippen LogP contribution in [0.3, 0.4) is 0 Å². The number of nitriles is 1. The molecule has 3 heterocycles. The lowest BCUT2D eigenvalue weighted by atomic mass is 9.76. The van der Waals surface area contributed by atoms with Gasteiger partial charge in [-0.3, -0.25) is 4.98 Å². The van der Waals surface area contributed by atoms with Crippen LogP contribution in [-0.4, -0.2) is 31.0 Å². The Balaban J connectivity index is 1.36. The van der Waals surface area contributed by atoms with Gasteiger partial charge in [0.15, 0.2) is 5.82 Å². The summed E-state index contributed by atoms with van der Waals surface area (Å²) >= 11 is 0. The van der Waals surface area contributed by atoms with Gasteiger partial charge in [-0.1, -0.05) is 24.3 Å². The molecule has 33 heavy (non-hydrogen) atoms. The Morgan fingerprint density at radius 2 is 1.91 bits per heavy atom. The Hall–Kier alpha value is -3.60. The van der Waals surface area contributed by atoms with Crippen molar-refractivity contribution in [1.82, 2.24) is 19.7 Å². The van der Waals surface area contributed by atoms with Crippen molar-refractivity contribution in [1.29, 1.82) is 5.26 Å². The maximum Gasteiger partial charge on any atom is 0.154 e. The maximum absolute atomic E-state index is 9.62. The minimum Gasteiger partial charge on any atom is -0.393 e. The molecule has 1 aromatic carbocycles. The van der Waals surface area contributed by atoms with E-state index in [9.17, 15) is 10.4 Å². The maximum atomic E-state index is 9.62. The number of rotatable bonds is 5. The molecule has 2 saturated carbocycles. The van der Waals surface area contributed by atoms with Crippen LogP contribution in [0.25, 0.3) is 28.0 Å². The van der Waals surface area contributed by atoms with Gasteiger partial charge in [0.2, 0.25) is 0 Å². The average molecular weight is 437 g/mol. The molecule has 7 heteroatoms. The number of nitrogens with two attached hydrogens (primary N) is 1. The number of hydrogen-bond donors (Lipinski definition) is 2. The average Bonchev–Trinajstić information content (AvgIpc) is 3.53. The van der Waals surface area contributed by atoms with E-state index < -0.39 is 5.41 Å². The molecule has 4 aromatic rings. The standard InChI is InChI=1S/C26H24N6O/c27-15-26(9-10-26)23-5-2-6-24(31-23)32-22-13-16(7-8-17(22)14-29-32)20-3-1-4-21(30-20)25(28)18-11-19(33)12-18/h1-8,13-14,18-19,25,33H,9-12,28H2/t18?,19?,25-/m0/s1. The zero-order valence-corrected chi connectivity index (χ0v) is 18.1.